The third-order valence-corrected chi connectivity index (χ3v) is 4.52. The lowest BCUT2D eigenvalue weighted by molar-refractivity contribution is 0.0883. The molecule has 1 aliphatic rings. The Balaban J connectivity index is 1.49. The third-order valence-electron chi connectivity index (χ3n) is 4.52. The van der Waals surface area contributed by atoms with Crippen LogP contribution in [0.2, 0.25) is 0 Å². The third kappa shape index (κ3) is 3.21. The predicted octanol–water partition coefficient (Wildman–Crippen LogP) is 3.01. The highest BCUT2D eigenvalue weighted by atomic mass is 16.3. The van der Waals surface area contributed by atoms with E-state index in [1.807, 2.05) is 59.4 Å². The van der Waals surface area contributed by atoms with Crippen LogP contribution in [0.3, 0.4) is 0 Å². The first kappa shape index (κ1) is 15.7. The van der Waals surface area contributed by atoms with Crippen molar-refractivity contribution in [1.82, 2.24) is 14.7 Å². The number of aromatic nitrogens is 2. The number of urea groups is 1. The van der Waals surface area contributed by atoms with Gasteiger partial charge in [-0.1, -0.05) is 18.2 Å². The summed E-state index contributed by atoms with van der Waals surface area (Å²) in [5.74, 6) is 0. The van der Waals surface area contributed by atoms with Crippen LogP contribution < -0.4 is 5.32 Å². The number of anilines is 1. The summed E-state index contributed by atoms with van der Waals surface area (Å²) in [7, 11) is 0. The summed E-state index contributed by atoms with van der Waals surface area (Å²) in [6.45, 7) is 1.07. The van der Waals surface area contributed by atoms with Crippen molar-refractivity contribution >= 4 is 22.6 Å². The van der Waals surface area contributed by atoms with Gasteiger partial charge in [-0.25, -0.2) is 9.48 Å². The molecule has 0 aliphatic carbocycles. The van der Waals surface area contributed by atoms with Crippen LogP contribution in [0.5, 0.6) is 0 Å². The number of β-amino-alcohol motifs (C(OH)–C–C–N with tert-alkyl or cyclic N) is 1. The molecule has 1 atom stereocenters. The number of nitrogens with zero attached hydrogens (tertiary/aromatic N) is 3. The van der Waals surface area contributed by atoms with E-state index in [2.05, 4.69) is 10.4 Å². The molecule has 1 saturated heterocycles. The van der Waals surface area contributed by atoms with Crippen LogP contribution in [0.25, 0.3) is 16.6 Å². The van der Waals surface area contributed by atoms with E-state index in [9.17, 15) is 9.90 Å². The first-order chi connectivity index (χ1) is 12.2. The Hall–Kier alpha value is -2.86. The van der Waals surface area contributed by atoms with Gasteiger partial charge in [0, 0.05) is 24.2 Å². The Labute approximate surface area is 145 Å². The largest absolute Gasteiger partial charge is 0.391 e. The maximum atomic E-state index is 12.3. The van der Waals surface area contributed by atoms with Gasteiger partial charge in [-0.15, -0.1) is 0 Å². The Kier molecular flexibility index (Phi) is 4.11. The van der Waals surface area contributed by atoms with Gasteiger partial charge in [0.2, 0.25) is 0 Å². The molecule has 25 heavy (non-hydrogen) atoms. The van der Waals surface area contributed by atoms with Crippen molar-refractivity contribution in [3.8, 4) is 5.69 Å². The maximum Gasteiger partial charge on any atom is 0.321 e. The molecule has 6 heteroatoms. The van der Waals surface area contributed by atoms with Crippen molar-refractivity contribution < 1.29 is 9.90 Å². The predicted molar refractivity (Wildman–Crippen MR) is 96.9 cm³/mol. The molecule has 2 aromatic carbocycles. The average Bonchev–Trinajstić information content (AvgIpc) is 3.06. The Morgan fingerprint density at radius 1 is 1.16 bits per heavy atom. The molecule has 2 N–H and O–H groups in total. The molecule has 1 aromatic heterocycles. The number of hydrogen-bond acceptors (Lipinski definition) is 3. The van der Waals surface area contributed by atoms with Gasteiger partial charge in [0.25, 0.3) is 0 Å². The number of aliphatic hydroxyl groups is 1. The second-order valence-corrected chi connectivity index (χ2v) is 6.33. The van der Waals surface area contributed by atoms with Gasteiger partial charge in [0.1, 0.15) is 0 Å². The topological polar surface area (TPSA) is 70.4 Å². The number of hydrogen-bond donors (Lipinski definition) is 2. The van der Waals surface area contributed by atoms with Gasteiger partial charge in [0.05, 0.1) is 23.5 Å². The van der Waals surface area contributed by atoms with Gasteiger partial charge in [-0.2, -0.15) is 5.10 Å². The number of carbonyl (C=O) groups excluding carboxylic acids is 1. The summed E-state index contributed by atoms with van der Waals surface area (Å²) >= 11 is 0. The summed E-state index contributed by atoms with van der Waals surface area (Å²) < 4.78 is 1.88. The molecule has 0 bridgehead atoms. The molecule has 0 radical (unpaired) electrons. The van der Waals surface area contributed by atoms with Crippen molar-refractivity contribution in [1.29, 1.82) is 0 Å². The lowest BCUT2D eigenvalue weighted by Crippen LogP contribution is -2.44. The number of aliphatic hydroxyl groups excluding tert-OH is 1. The van der Waals surface area contributed by atoms with Gasteiger partial charge in [0.15, 0.2) is 0 Å². The van der Waals surface area contributed by atoms with Gasteiger partial charge >= 0.3 is 6.03 Å². The lowest BCUT2D eigenvalue weighted by Gasteiger charge is -2.30. The van der Waals surface area contributed by atoms with E-state index >= 15 is 0 Å². The number of para-hydroxylation sites is 1. The molecule has 3 aromatic rings. The van der Waals surface area contributed by atoms with E-state index < -0.39 is 6.10 Å². The molecule has 2 amide bonds. The highest BCUT2D eigenvalue weighted by Gasteiger charge is 2.21. The van der Waals surface area contributed by atoms with Crippen LogP contribution >= 0.6 is 0 Å². The highest BCUT2D eigenvalue weighted by Crippen LogP contribution is 2.20. The van der Waals surface area contributed by atoms with E-state index in [-0.39, 0.29) is 6.03 Å². The number of rotatable bonds is 2. The van der Waals surface area contributed by atoms with Crippen molar-refractivity contribution in [2.75, 3.05) is 18.4 Å². The Bertz CT molecular complexity index is 888. The second-order valence-electron chi connectivity index (χ2n) is 6.33. The molecular formula is C19H20N4O2. The molecule has 4 rings (SSSR count). The number of benzene rings is 2. The summed E-state index contributed by atoms with van der Waals surface area (Å²) in [6, 6.07) is 15.5. The number of fused-ring (bicyclic) bond motifs is 1. The van der Waals surface area contributed by atoms with E-state index in [0.29, 0.717) is 13.1 Å². The van der Waals surface area contributed by atoms with Crippen LogP contribution in [0.15, 0.2) is 54.7 Å². The molecule has 1 aliphatic heterocycles. The second kappa shape index (κ2) is 6.57. The zero-order valence-corrected chi connectivity index (χ0v) is 13.8. The molecule has 0 unspecified atom stereocenters. The molecular weight excluding hydrogens is 316 g/mol. The van der Waals surface area contributed by atoms with Crippen LogP contribution in [-0.2, 0) is 0 Å². The van der Waals surface area contributed by atoms with Gasteiger partial charge < -0.3 is 15.3 Å². The molecule has 2 heterocycles. The number of nitrogens with one attached hydrogen (secondary N) is 1. The van der Waals surface area contributed by atoms with Crippen molar-refractivity contribution in [2.24, 2.45) is 0 Å². The number of likely N-dealkylation sites (tertiary alicyclic amines) is 1. The van der Waals surface area contributed by atoms with Crippen molar-refractivity contribution in [3.63, 3.8) is 0 Å². The van der Waals surface area contributed by atoms with Crippen LogP contribution in [0.1, 0.15) is 12.8 Å². The average molecular weight is 336 g/mol. The summed E-state index contributed by atoms with van der Waals surface area (Å²) in [6.07, 6.45) is 3.01. The normalized spacial score (nSPS) is 17.6. The fourth-order valence-corrected chi connectivity index (χ4v) is 3.21. The smallest absolute Gasteiger partial charge is 0.321 e. The zero-order valence-electron chi connectivity index (χ0n) is 13.8. The summed E-state index contributed by atoms with van der Waals surface area (Å²) in [4.78, 5) is 13.9. The quantitative estimate of drug-likeness (QED) is 0.756. The SMILES string of the molecule is O=C(Nc1ccc(-n2ncc3ccccc32)cc1)N1CCC[C@H](O)C1. The number of carbonyl (C=O) groups is 1. The van der Waals surface area contributed by atoms with Gasteiger partial charge in [-0.05, 0) is 43.2 Å². The van der Waals surface area contributed by atoms with E-state index in [1.165, 1.54) is 0 Å². The van der Waals surface area contributed by atoms with Crippen molar-refractivity contribution in [2.45, 2.75) is 18.9 Å². The molecule has 0 saturated carbocycles. The molecule has 0 spiro atoms. The molecule has 1 fully saturated rings. The fraction of sp³-hybridized carbons (Fsp3) is 0.263. The monoisotopic (exact) mass is 336 g/mol. The van der Waals surface area contributed by atoms with E-state index in [0.717, 1.165) is 35.1 Å². The van der Waals surface area contributed by atoms with Crippen LogP contribution in [0.4, 0.5) is 10.5 Å². The van der Waals surface area contributed by atoms with E-state index in [4.69, 9.17) is 0 Å². The minimum atomic E-state index is -0.421. The lowest BCUT2D eigenvalue weighted by atomic mass is 10.1. The summed E-state index contributed by atoms with van der Waals surface area (Å²) in [5, 5.41) is 18.1. The summed E-state index contributed by atoms with van der Waals surface area (Å²) in [5.41, 5.74) is 2.71. The fourth-order valence-electron chi connectivity index (χ4n) is 3.21. The number of amides is 2. The first-order valence-electron chi connectivity index (χ1n) is 8.48. The van der Waals surface area contributed by atoms with Gasteiger partial charge in [-0.3, -0.25) is 0 Å². The maximum absolute atomic E-state index is 12.3. The van der Waals surface area contributed by atoms with Crippen molar-refractivity contribution in [3.05, 3.63) is 54.7 Å². The first-order valence-corrected chi connectivity index (χ1v) is 8.48. The standard InChI is InChI=1S/C19H20N4O2/c24-17-5-3-11-22(13-17)19(25)21-15-7-9-16(10-8-15)23-18-6-2-1-4-14(18)12-20-23/h1-2,4,6-10,12,17,24H,3,5,11,13H2,(H,21,25)/t17-/m0/s1. The molecule has 6 nitrogen and oxygen atoms in total. The van der Waals surface area contributed by atoms with E-state index in [1.54, 1.807) is 4.90 Å². The molecule has 128 valence electrons. The van der Waals surface area contributed by atoms with Crippen LogP contribution in [-0.4, -0.2) is 45.0 Å². The minimum absolute atomic E-state index is 0.170. The van der Waals surface area contributed by atoms with Crippen LogP contribution in [0, 0.1) is 0 Å². The highest BCUT2D eigenvalue weighted by molar-refractivity contribution is 5.89. The Morgan fingerprint density at radius 3 is 2.76 bits per heavy atom. The number of piperidine rings is 1. The zero-order chi connectivity index (χ0) is 17.2. The Morgan fingerprint density at radius 2 is 1.96 bits per heavy atom. The minimum Gasteiger partial charge on any atom is -0.391 e.